The van der Waals surface area contributed by atoms with Gasteiger partial charge in [-0.25, -0.2) is 0 Å². The summed E-state index contributed by atoms with van der Waals surface area (Å²) >= 11 is 0. The van der Waals surface area contributed by atoms with E-state index in [4.69, 9.17) is 11.0 Å². The van der Waals surface area contributed by atoms with Crippen molar-refractivity contribution in [3.63, 3.8) is 0 Å². The van der Waals surface area contributed by atoms with E-state index in [0.29, 0.717) is 6.07 Å². The topological polar surface area (TPSA) is 66.9 Å². The maximum absolute atomic E-state index is 12.5. The van der Waals surface area contributed by atoms with Gasteiger partial charge in [0.05, 0.1) is 17.2 Å². The van der Waals surface area contributed by atoms with Crippen molar-refractivity contribution in [2.75, 3.05) is 0 Å². The Hall–Kier alpha value is -2.03. The van der Waals surface area contributed by atoms with E-state index in [2.05, 4.69) is 0 Å². The molecular formula is C10H7F3N2O. The van der Waals surface area contributed by atoms with Gasteiger partial charge in [-0.2, -0.15) is 18.4 Å². The molecule has 0 aliphatic rings. The van der Waals surface area contributed by atoms with Gasteiger partial charge in [0.15, 0.2) is 0 Å². The highest BCUT2D eigenvalue weighted by molar-refractivity contribution is 5.95. The Morgan fingerprint density at radius 1 is 1.44 bits per heavy atom. The lowest BCUT2D eigenvalue weighted by Crippen LogP contribution is -2.17. The lowest BCUT2D eigenvalue weighted by atomic mass is 9.98. The first kappa shape index (κ1) is 12.0. The maximum atomic E-state index is 12.5. The summed E-state index contributed by atoms with van der Waals surface area (Å²) in [5.74, 6) is -0.986. The summed E-state index contributed by atoms with van der Waals surface area (Å²) in [6.45, 7) is 1.14. The number of carbonyl (C=O) groups is 1. The minimum Gasteiger partial charge on any atom is -0.366 e. The molecule has 3 nitrogen and oxygen atoms in total. The first-order chi connectivity index (χ1) is 7.27. The quantitative estimate of drug-likeness (QED) is 0.798. The van der Waals surface area contributed by atoms with E-state index in [0.717, 1.165) is 13.0 Å². The molecule has 0 radical (unpaired) electrons. The summed E-state index contributed by atoms with van der Waals surface area (Å²) < 4.78 is 37.6. The second-order valence-electron chi connectivity index (χ2n) is 3.17. The average molecular weight is 228 g/mol. The van der Waals surface area contributed by atoms with Gasteiger partial charge in [0, 0.05) is 5.56 Å². The van der Waals surface area contributed by atoms with Crippen LogP contribution in [-0.4, -0.2) is 5.91 Å². The molecule has 1 rings (SSSR count). The molecule has 0 fully saturated rings. The van der Waals surface area contributed by atoms with Crippen molar-refractivity contribution in [3.8, 4) is 6.07 Å². The second-order valence-corrected chi connectivity index (χ2v) is 3.17. The molecule has 1 aromatic carbocycles. The van der Waals surface area contributed by atoms with Crippen molar-refractivity contribution in [2.45, 2.75) is 13.1 Å². The molecular weight excluding hydrogens is 221 g/mol. The minimum absolute atomic E-state index is 0.244. The average Bonchev–Trinajstić information content (AvgIpc) is 2.15. The first-order valence-corrected chi connectivity index (χ1v) is 4.19. The molecule has 0 aliphatic heterocycles. The van der Waals surface area contributed by atoms with E-state index in [-0.39, 0.29) is 16.7 Å². The van der Waals surface area contributed by atoms with E-state index in [9.17, 15) is 18.0 Å². The number of rotatable bonds is 1. The zero-order valence-electron chi connectivity index (χ0n) is 8.22. The van der Waals surface area contributed by atoms with Crippen LogP contribution in [0.2, 0.25) is 0 Å². The maximum Gasteiger partial charge on any atom is 0.416 e. The first-order valence-electron chi connectivity index (χ1n) is 4.19. The predicted octanol–water partition coefficient (Wildman–Crippen LogP) is 1.98. The molecule has 1 amide bonds. The summed E-state index contributed by atoms with van der Waals surface area (Å²) in [6.07, 6.45) is -4.61. The zero-order chi connectivity index (χ0) is 12.5. The zero-order valence-corrected chi connectivity index (χ0v) is 8.22. The van der Waals surface area contributed by atoms with Crippen molar-refractivity contribution >= 4 is 5.91 Å². The fraction of sp³-hybridized carbons (Fsp3) is 0.200. The van der Waals surface area contributed by atoms with Crippen LogP contribution in [0, 0.1) is 18.3 Å². The van der Waals surface area contributed by atoms with Crippen LogP contribution in [-0.2, 0) is 6.18 Å². The number of halogens is 3. The summed E-state index contributed by atoms with van der Waals surface area (Å²) in [5.41, 5.74) is 3.13. The summed E-state index contributed by atoms with van der Waals surface area (Å²) in [4.78, 5) is 10.9. The third kappa shape index (κ3) is 2.14. The molecule has 2 N–H and O–H groups in total. The van der Waals surface area contributed by atoms with Crippen LogP contribution in [0.1, 0.15) is 27.0 Å². The Bertz CT molecular complexity index is 486. The van der Waals surface area contributed by atoms with E-state index >= 15 is 0 Å². The van der Waals surface area contributed by atoms with Crippen molar-refractivity contribution in [1.29, 1.82) is 5.26 Å². The molecule has 1 aromatic rings. The number of nitrogens with zero attached hydrogens (tertiary/aromatic N) is 1. The van der Waals surface area contributed by atoms with Gasteiger partial charge in [-0.15, -0.1) is 0 Å². The number of alkyl halides is 3. The van der Waals surface area contributed by atoms with Crippen molar-refractivity contribution in [2.24, 2.45) is 5.73 Å². The Kier molecular flexibility index (Phi) is 2.90. The Morgan fingerprint density at radius 2 is 2.00 bits per heavy atom. The molecule has 0 saturated carbocycles. The van der Waals surface area contributed by atoms with Gasteiger partial charge in [-0.3, -0.25) is 4.79 Å². The molecule has 0 heterocycles. The van der Waals surface area contributed by atoms with Gasteiger partial charge >= 0.3 is 6.18 Å². The Labute approximate surface area is 89.3 Å². The van der Waals surface area contributed by atoms with Crippen LogP contribution in [0.3, 0.4) is 0 Å². The largest absolute Gasteiger partial charge is 0.416 e. The fourth-order valence-corrected chi connectivity index (χ4v) is 1.33. The van der Waals surface area contributed by atoms with Crippen LogP contribution in [0.15, 0.2) is 12.1 Å². The highest BCUT2D eigenvalue weighted by Gasteiger charge is 2.34. The molecule has 6 heteroatoms. The van der Waals surface area contributed by atoms with Gasteiger partial charge in [-0.05, 0) is 24.6 Å². The third-order valence-electron chi connectivity index (χ3n) is 2.11. The number of carbonyl (C=O) groups excluding carboxylic acids is 1. The number of hydrogen-bond donors (Lipinski definition) is 1. The SMILES string of the molecule is Cc1c(C(N)=O)cc(C#N)cc1C(F)(F)F. The molecule has 0 atom stereocenters. The van der Waals surface area contributed by atoms with Crippen LogP contribution >= 0.6 is 0 Å². The van der Waals surface area contributed by atoms with Crippen LogP contribution in [0.25, 0.3) is 0 Å². The summed E-state index contributed by atoms with van der Waals surface area (Å²) in [6, 6.07) is 3.30. The number of nitrogens with two attached hydrogens (primary N) is 1. The highest BCUT2D eigenvalue weighted by Crippen LogP contribution is 2.33. The molecule has 0 spiro atoms. The van der Waals surface area contributed by atoms with Gasteiger partial charge < -0.3 is 5.73 Å². The van der Waals surface area contributed by atoms with E-state index in [1.165, 1.54) is 0 Å². The fourth-order valence-electron chi connectivity index (χ4n) is 1.33. The standard InChI is InChI=1S/C10H7F3N2O/c1-5-7(9(15)16)2-6(4-14)3-8(5)10(11,12)13/h2-3H,1H3,(H2,15,16). The minimum atomic E-state index is -4.61. The van der Waals surface area contributed by atoms with Gasteiger partial charge in [0.1, 0.15) is 0 Å². The number of hydrogen-bond acceptors (Lipinski definition) is 2. The predicted molar refractivity (Wildman–Crippen MR) is 49.4 cm³/mol. The van der Waals surface area contributed by atoms with E-state index in [1.54, 1.807) is 6.07 Å². The van der Waals surface area contributed by atoms with E-state index < -0.39 is 17.6 Å². The Morgan fingerprint density at radius 3 is 2.38 bits per heavy atom. The third-order valence-corrected chi connectivity index (χ3v) is 2.11. The van der Waals surface area contributed by atoms with Crippen molar-refractivity contribution < 1.29 is 18.0 Å². The monoisotopic (exact) mass is 228 g/mol. The number of benzene rings is 1. The summed E-state index contributed by atoms with van der Waals surface area (Å²) in [7, 11) is 0. The molecule has 0 saturated heterocycles. The lowest BCUT2D eigenvalue weighted by Gasteiger charge is -2.12. The molecule has 0 aromatic heterocycles. The number of primary amides is 1. The number of amides is 1. The normalized spacial score (nSPS) is 10.9. The summed E-state index contributed by atoms with van der Waals surface area (Å²) in [5, 5.41) is 8.56. The molecule has 0 bridgehead atoms. The van der Waals surface area contributed by atoms with E-state index in [1.807, 2.05) is 0 Å². The van der Waals surface area contributed by atoms with Gasteiger partial charge in [-0.1, -0.05) is 0 Å². The smallest absolute Gasteiger partial charge is 0.366 e. The Balaban J connectivity index is 3.58. The molecule has 84 valence electrons. The van der Waals surface area contributed by atoms with Crippen LogP contribution in [0.5, 0.6) is 0 Å². The molecule has 16 heavy (non-hydrogen) atoms. The number of nitriles is 1. The van der Waals surface area contributed by atoms with Gasteiger partial charge in [0.25, 0.3) is 0 Å². The van der Waals surface area contributed by atoms with Crippen molar-refractivity contribution in [1.82, 2.24) is 0 Å². The lowest BCUT2D eigenvalue weighted by molar-refractivity contribution is -0.138. The highest BCUT2D eigenvalue weighted by atomic mass is 19.4. The second kappa shape index (κ2) is 3.85. The van der Waals surface area contributed by atoms with Crippen LogP contribution in [0.4, 0.5) is 13.2 Å². The molecule has 0 unspecified atom stereocenters. The molecule has 0 aliphatic carbocycles. The van der Waals surface area contributed by atoms with Crippen molar-refractivity contribution in [3.05, 3.63) is 34.4 Å². The van der Waals surface area contributed by atoms with Crippen LogP contribution < -0.4 is 5.73 Å². The van der Waals surface area contributed by atoms with Gasteiger partial charge in [0.2, 0.25) is 5.91 Å².